The lowest BCUT2D eigenvalue weighted by Crippen LogP contribution is -1.89. The topological polar surface area (TPSA) is 0 Å². The molecule has 0 aliphatic heterocycles. The predicted octanol–water partition coefficient (Wildman–Crippen LogP) is 5.38. The van der Waals surface area contributed by atoms with Crippen LogP contribution in [0.25, 0.3) is 21.9 Å². The van der Waals surface area contributed by atoms with Crippen LogP contribution in [0.1, 0.15) is 18.1 Å². The van der Waals surface area contributed by atoms with E-state index < -0.39 is 0 Å². The molecular formula is C19H18. The van der Waals surface area contributed by atoms with Gasteiger partial charge in [-0.3, -0.25) is 0 Å². The molecule has 94 valence electrons. The molecule has 0 heteroatoms. The Morgan fingerprint density at radius 2 is 1.42 bits per heavy atom. The predicted molar refractivity (Wildman–Crippen MR) is 83.5 cm³/mol. The Labute approximate surface area is 114 Å². The fraction of sp³-hybridized carbons (Fsp3) is 0.158. The van der Waals surface area contributed by atoms with Gasteiger partial charge in [0.15, 0.2) is 0 Å². The highest BCUT2D eigenvalue weighted by Crippen LogP contribution is 2.33. The van der Waals surface area contributed by atoms with Gasteiger partial charge in [-0.25, -0.2) is 0 Å². The molecule has 0 unspecified atom stereocenters. The summed E-state index contributed by atoms with van der Waals surface area (Å²) in [5, 5.41) is 2.70. The summed E-state index contributed by atoms with van der Waals surface area (Å²) in [7, 11) is 0. The van der Waals surface area contributed by atoms with Gasteiger partial charge < -0.3 is 0 Å². The maximum Gasteiger partial charge on any atom is -0.00760 e. The molecule has 0 bridgehead atoms. The van der Waals surface area contributed by atoms with E-state index in [1.54, 1.807) is 0 Å². The maximum absolute atomic E-state index is 2.24. The van der Waals surface area contributed by atoms with Crippen molar-refractivity contribution in [2.75, 3.05) is 0 Å². The minimum Gasteiger partial charge on any atom is -0.0620 e. The summed E-state index contributed by atoms with van der Waals surface area (Å²) >= 11 is 0. The standard InChI is InChI=1S/C19H18/c1-3-15-9-4-5-12-17(15)18-13-7-11-16-10-6-8-14(2)19(16)18/h4-13H,3H2,1-2H3. The molecule has 0 fully saturated rings. The van der Waals surface area contributed by atoms with Crippen LogP contribution in [0.3, 0.4) is 0 Å². The van der Waals surface area contributed by atoms with Crippen molar-refractivity contribution >= 4 is 10.8 Å². The molecule has 0 saturated heterocycles. The minimum atomic E-state index is 1.07. The maximum atomic E-state index is 2.24. The van der Waals surface area contributed by atoms with Gasteiger partial charge in [0, 0.05) is 0 Å². The van der Waals surface area contributed by atoms with E-state index >= 15 is 0 Å². The largest absolute Gasteiger partial charge is 0.0620 e. The summed E-state index contributed by atoms with van der Waals surface area (Å²) < 4.78 is 0. The highest BCUT2D eigenvalue weighted by atomic mass is 14.1. The molecule has 0 heterocycles. The first-order valence-corrected chi connectivity index (χ1v) is 6.88. The van der Waals surface area contributed by atoms with E-state index in [1.165, 1.54) is 33.0 Å². The van der Waals surface area contributed by atoms with Crippen molar-refractivity contribution < 1.29 is 0 Å². The molecular weight excluding hydrogens is 228 g/mol. The lowest BCUT2D eigenvalue weighted by Gasteiger charge is -2.12. The fourth-order valence-electron chi connectivity index (χ4n) is 2.84. The molecule has 0 saturated carbocycles. The van der Waals surface area contributed by atoms with Crippen molar-refractivity contribution in [1.82, 2.24) is 0 Å². The molecule has 0 aliphatic carbocycles. The van der Waals surface area contributed by atoms with Crippen molar-refractivity contribution in [1.29, 1.82) is 0 Å². The number of aryl methyl sites for hydroxylation is 2. The summed E-state index contributed by atoms with van der Waals surface area (Å²) in [6, 6.07) is 21.8. The van der Waals surface area contributed by atoms with Gasteiger partial charge in [-0.2, -0.15) is 0 Å². The SMILES string of the molecule is CCc1ccccc1-c1cccc2cccc(C)c12. The lowest BCUT2D eigenvalue weighted by molar-refractivity contribution is 1.14. The van der Waals surface area contributed by atoms with Crippen molar-refractivity contribution in [2.45, 2.75) is 20.3 Å². The van der Waals surface area contributed by atoms with Crippen molar-refractivity contribution in [2.24, 2.45) is 0 Å². The molecule has 0 spiro atoms. The molecule has 3 aromatic carbocycles. The van der Waals surface area contributed by atoms with Crippen LogP contribution >= 0.6 is 0 Å². The van der Waals surface area contributed by atoms with Crippen LogP contribution in [0.2, 0.25) is 0 Å². The Morgan fingerprint density at radius 3 is 2.21 bits per heavy atom. The smallest absolute Gasteiger partial charge is 0.00760 e. The summed E-state index contributed by atoms with van der Waals surface area (Å²) in [6.45, 7) is 4.41. The summed E-state index contributed by atoms with van der Waals surface area (Å²) in [5.41, 5.74) is 5.48. The summed E-state index contributed by atoms with van der Waals surface area (Å²) in [5.74, 6) is 0. The average molecular weight is 246 g/mol. The Bertz CT molecular complexity index is 718. The third-order valence-corrected chi connectivity index (χ3v) is 3.80. The van der Waals surface area contributed by atoms with Crippen molar-refractivity contribution in [3.8, 4) is 11.1 Å². The number of benzene rings is 3. The van der Waals surface area contributed by atoms with E-state index in [9.17, 15) is 0 Å². The molecule has 0 N–H and O–H groups in total. The van der Waals surface area contributed by atoms with Gasteiger partial charge in [-0.15, -0.1) is 0 Å². The van der Waals surface area contributed by atoms with E-state index in [0.29, 0.717) is 0 Å². The van der Waals surface area contributed by atoms with Crippen LogP contribution in [-0.2, 0) is 6.42 Å². The number of hydrogen-bond acceptors (Lipinski definition) is 0. The highest BCUT2D eigenvalue weighted by Gasteiger charge is 2.08. The van der Waals surface area contributed by atoms with E-state index in [1.807, 2.05) is 0 Å². The molecule has 0 amide bonds. The van der Waals surface area contributed by atoms with Gasteiger partial charge in [0.25, 0.3) is 0 Å². The Morgan fingerprint density at radius 1 is 0.737 bits per heavy atom. The van der Waals surface area contributed by atoms with Crippen molar-refractivity contribution in [3.05, 3.63) is 71.8 Å². The van der Waals surface area contributed by atoms with Gasteiger partial charge >= 0.3 is 0 Å². The molecule has 0 atom stereocenters. The van der Waals surface area contributed by atoms with Gasteiger partial charge in [0.1, 0.15) is 0 Å². The second-order valence-corrected chi connectivity index (χ2v) is 4.99. The first-order valence-electron chi connectivity index (χ1n) is 6.88. The number of rotatable bonds is 2. The van der Waals surface area contributed by atoms with E-state index in [0.717, 1.165) is 6.42 Å². The molecule has 3 aromatic rings. The molecule has 0 nitrogen and oxygen atoms in total. The van der Waals surface area contributed by atoms with E-state index in [4.69, 9.17) is 0 Å². The Kier molecular flexibility index (Phi) is 3.08. The van der Waals surface area contributed by atoms with Crippen LogP contribution in [0, 0.1) is 6.92 Å². The van der Waals surface area contributed by atoms with Crippen LogP contribution in [0.15, 0.2) is 60.7 Å². The summed E-state index contributed by atoms with van der Waals surface area (Å²) in [6.07, 6.45) is 1.07. The minimum absolute atomic E-state index is 1.07. The second kappa shape index (κ2) is 4.89. The zero-order valence-corrected chi connectivity index (χ0v) is 11.5. The van der Waals surface area contributed by atoms with Gasteiger partial charge in [-0.1, -0.05) is 67.6 Å². The molecule has 3 rings (SSSR count). The van der Waals surface area contributed by atoms with Gasteiger partial charge in [-0.05, 0) is 46.4 Å². The van der Waals surface area contributed by atoms with Crippen LogP contribution in [-0.4, -0.2) is 0 Å². The van der Waals surface area contributed by atoms with E-state index in [-0.39, 0.29) is 0 Å². The van der Waals surface area contributed by atoms with Crippen LogP contribution < -0.4 is 0 Å². The Hall–Kier alpha value is -2.08. The van der Waals surface area contributed by atoms with Crippen molar-refractivity contribution in [3.63, 3.8) is 0 Å². The van der Waals surface area contributed by atoms with E-state index in [2.05, 4.69) is 74.5 Å². The number of fused-ring (bicyclic) bond motifs is 1. The lowest BCUT2D eigenvalue weighted by atomic mass is 9.92. The first kappa shape index (κ1) is 12.0. The normalized spacial score (nSPS) is 10.8. The molecule has 0 aromatic heterocycles. The number of hydrogen-bond donors (Lipinski definition) is 0. The third-order valence-electron chi connectivity index (χ3n) is 3.80. The van der Waals surface area contributed by atoms with Gasteiger partial charge in [0.2, 0.25) is 0 Å². The van der Waals surface area contributed by atoms with Crippen LogP contribution in [0.4, 0.5) is 0 Å². The second-order valence-electron chi connectivity index (χ2n) is 4.99. The summed E-state index contributed by atoms with van der Waals surface area (Å²) in [4.78, 5) is 0. The quantitative estimate of drug-likeness (QED) is 0.569. The average Bonchev–Trinajstić information content (AvgIpc) is 2.47. The zero-order chi connectivity index (χ0) is 13.2. The Balaban J connectivity index is 2.37. The first-order chi connectivity index (χ1) is 9.31. The third kappa shape index (κ3) is 2.04. The van der Waals surface area contributed by atoms with Gasteiger partial charge in [0.05, 0.1) is 0 Å². The molecule has 0 radical (unpaired) electrons. The molecule has 0 aliphatic rings. The highest BCUT2D eigenvalue weighted by molar-refractivity contribution is 5.99. The zero-order valence-electron chi connectivity index (χ0n) is 11.5. The fourth-order valence-corrected chi connectivity index (χ4v) is 2.84. The monoisotopic (exact) mass is 246 g/mol. The van der Waals surface area contributed by atoms with Crippen LogP contribution in [0.5, 0.6) is 0 Å². The molecule has 19 heavy (non-hydrogen) atoms.